The second-order valence-corrected chi connectivity index (χ2v) is 5.84. The first kappa shape index (κ1) is 8.04. The van der Waals surface area contributed by atoms with Crippen LogP contribution in [0.4, 0.5) is 0 Å². The van der Waals surface area contributed by atoms with E-state index >= 15 is 0 Å². The van der Waals surface area contributed by atoms with Gasteiger partial charge < -0.3 is 0 Å². The van der Waals surface area contributed by atoms with Crippen LogP contribution in [-0.4, -0.2) is 18.8 Å². The van der Waals surface area contributed by atoms with Gasteiger partial charge in [0.25, 0.3) is 0 Å². The monoisotopic (exact) mass is 249 g/mol. The molecule has 0 saturated heterocycles. The van der Waals surface area contributed by atoms with Crippen LogP contribution in [0.1, 0.15) is 5.56 Å². The molecule has 68 valence electrons. The Labute approximate surface area is 85.4 Å². The molecule has 1 aromatic heterocycles. The van der Waals surface area contributed by atoms with Gasteiger partial charge in [-0.1, -0.05) is 0 Å². The van der Waals surface area contributed by atoms with Gasteiger partial charge in [0, 0.05) is 0 Å². The third kappa shape index (κ3) is 0.999. The van der Waals surface area contributed by atoms with Gasteiger partial charge in [-0.2, -0.15) is 0 Å². The van der Waals surface area contributed by atoms with Crippen molar-refractivity contribution in [2.24, 2.45) is 0 Å². The number of hydrogen-bond acceptors (Lipinski definition) is 2. The van der Waals surface area contributed by atoms with Gasteiger partial charge in [0.1, 0.15) is 0 Å². The summed E-state index contributed by atoms with van der Waals surface area (Å²) in [5.74, 6) is 0. The molecule has 0 radical (unpaired) electrons. The van der Waals surface area contributed by atoms with E-state index in [0.29, 0.717) is 0 Å². The van der Waals surface area contributed by atoms with Crippen LogP contribution in [0.25, 0.3) is 17.0 Å². The molecular formula is C11H7NOSe. The maximum absolute atomic E-state index is 11.8. The summed E-state index contributed by atoms with van der Waals surface area (Å²) in [5, 5.41) is 1.04. The van der Waals surface area contributed by atoms with Crippen LogP contribution in [0.2, 0.25) is 0 Å². The number of hydrogen-bond donors (Lipinski definition) is 0. The molecule has 0 aliphatic carbocycles. The van der Waals surface area contributed by atoms with Gasteiger partial charge in [0.15, 0.2) is 0 Å². The number of nitrogens with zero attached hydrogens (tertiary/aromatic N) is 1. The minimum atomic E-state index is -1.93. The molecule has 2 nitrogen and oxygen atoms in total. The fourth-order valence-corrected chi connectivity index (χ4v) is 4.09. The Hall–Kier alpha value is -1.31. The second-order valence-electron chi connectivity index (χ2n) is 3.16. The summed E-state index contributed by atoms with van der Waals surface area (Å²) in [6, 6.07) is 7.85. The topological polar surface area (TPSA) is 30.0 Å². The summed E-state index contributed by atoms with van der Waals surface area (Å²) in [6.45, 7) is 0. The molecule has 1 aromatic carbocycles. The average molecular weight is 248 g/mol. The first-order chi connectivity index (χ1) is 6.86. The van der Waals surface area contributed by atoms with Crippen LogP contribution in [-0.2, 0) is 3.83 Å². The Balaban J connectivity index is 2.50. The number of benzene rings is 1. The molecule has 0 spiro atoms. The van der Waals surface area contributed by atoms with Crippen molar-refractivity contribution in [2.45, 2.75) is 0 Å². The fourth-order valence-electron chi connectivity index (χ4n) is 1.68. The van der Waals surface area contributed by atoms with E-state index in [1.54, 1.807) is 11.2 Å². The molecule has 3 rings (SSSR count). The predicted octanol–water partition coefficient (Wildman–Crippen LogP) is 1.43. The summed E-state index contributed by atoms with van der Waals surface area (Å²) < 4.78 is 12.8. The van der Waals surface area contributed by atoms with Gasteiger partial charge in [0.2, 0.25) is 0 Å². The van der Waals surface area contributed by atoms with E-state index in [0.717, 1.165) is 20.9 Å². The molecular weight excluding hydrogens is 241 g/mol. The molecule has 1 atom stereocenters. The van der Waals surface area contributed by atoms with Gasteiger partial charge in [0.05, 0.1) is 0 Å². The van der Waals surface area contributed by atoms with Crippen molar-refractivity contribution >= 4 is 35.3 Å². The van der Waals surface area contributed by atoms with Crippen molar-refractivity contribution < 1.29 is 3.83 Å². The molecule has 1 aliphatic heterocycles. The van der Waals surface area contributed by atoms with Gasteiger partial charge in [-0.3, -0.25) is 0 Å². The van der Waals surface area contributed by atoms with Crippen molar-refractivity contribution in [3.8, 4) is 0 Å². The zero-order valence-corrected chi connectivity index (χ0v) is 9.02. The quantitative estimate of drug-likeness (QED) is 0.660. The van der Waals surface area contributed by atoms with Crippen LogP contribution in [0.15, 0.2) is 35.4 Å². The first-order valence-corrected chi connectivity index (χ1v) is 6.87. The van der Waals surface area contributed by atoms with Crippen molar-refractivity contribution in [3.05, 3.63) is 41.0 Å². The van der Waals surface area contributed by atoms with Gasteiger partial charge in [-0.05, 0) is 0 Å². The zero-order chi connectivity index (χ0) is 9.54. The second kappa shape index (κ2) is 2.84. The Morgan fingerprint density at radius 1 is 1.21 bits per heavy atom. The van der Waals surface area contributed by atoms with Crippen molar-refractivity contribution in [2.75, 3.05) is 0 Å². The predicted molar refractivity (Wildman–Crippen MR) is 56.9 cm³/mol. The van der Waals surface area contributed by atoms with E-state index in [1.807, 2.05) is 30.3 Å². The van der Waals surface area contributed by atoms with Crippen LogP contribution < -0.4 is 4.46 Å². The van der Waals surface area contributed by atoms with Crippen molar-refractivity contribution in [1.29, 1.82) is 0 Å². The molecule has 1 unspecified atom stereocenters. The van der Waals surface area contributed by atoms with Crippen LogP contribution in [0.5, 0.6) is 0 Å². The summed E-state index contributed by atoms with van der Waals surface area (Å²) >= 11 is -1.93. The van der Waals surface area contributed by atoms with E-state index < -0.39 is 13.8 Å². The standard InChI is InChI=1S/C11H7NOSe/c13-14-6-5-8-7-12-10-4-2-1-3-9(10)11(8)14/h1-7H. The Kier molecular flexibility index (Phi) is 1.63. The van der Waals surface area contributed by atoms with E-state index in [4.69, 9.17) is 0 Å². The number of para-hydroxylation sites is 1. The average Bonchev–Trinajstić information content (AvgIpc) is 2.61. The van der Waals surface area contributed by atoms with Crippen molar-refractivity contribution in [1.82, 2.24) is 4.98 Å². The van der Waals surface area contributed by atoms with Gasteiger partial charge >= 0.3 is 85.1 Å². The number of rotatable bonds is 0. The number of fused-ring (bicyclic) bond motifs is 3. The van der Waals surface area contributed by atoms with Crippen LogP contribution >= 0.6 is 0 Å². The minimum absolute atomic E-state index is 0.930. The fraction of sp³-hybridized carbons (Fsp3) is 0. The molecule has 0 fully saturated rings. The molecule has 0 N–H and O–H groups in total. The summed E-state index contributed by atoms with van der Waals surface area (Å²) in [5.41, 5.74) is 1.95. The molecule has 0 saturated carbocycles. The zero-order valence-electron chi connectivity index (χ0n) is 7.31. The Bertz CT molecular complexity index is 575. The molecule has 1 aliphatic rings. The first-order valence-electron chi connectivity index (χ1n) is 4.33. The molecule has 14 heavy (non-hydrogen) atoms. The van der Waals surface area contributed by atoms with Crippen molar-refractivity contribution in [3.63, 3.8) is 0 Å². The summed E-state index contributed by atoms with van der Waals surface area (Å²) in [4.78, 5) is 6.12. The third-order valence-corrected chi connectivity index (χ3v) is 4.93. The summed E-state index contributed by atoms with van der Waals surface area (Å²) in [7, 11) is 0. The Morgan fingerprint density at radius 2 is 2.07 bits per heavy atom. The summed E-state index contributed by atoms with van der Waals surface area (Å²) in [6.07, 6.45) is 3.71. The van der Waals surface area contributed by atoms with Crippen LogP contribution in [0.3, 0.4) is 0 Å². The van der Waals surface area contributed by atoms with Gasteiger partial charge in [-0.15, -0.1) is 0 Å². The van der Waals surface area contributed by atoms with E-state index in [1.165, 1.54) is 0 Å². The van der Waals surface area contributed by atoms with Gasteiger partial charge in [-0.25, -0.2) is 0 Å². The third-order valence-electron chi connectivity index (χ3n) is 2.33. The maximum atomic E-state index is 11.8. The van der Waals surface area contributed by atoms with Crippen LogP contribution in [0, 0.1) is 0 Å². The SMILES string of the molecule is O=[Se]1C=Cc2cnc3ccccc3c21. The molecule has 3 heteroatoms. The van der Waals surface area contributed by atoms with E-state index in [2.05, 4.69) is 4.98 Å². The number of aromatic nitrogens is 1. The van der Waals surface area contributed by atoms with E-state index in [9.17, 15) is 3.83 Å². The molecule has 0 bridgehead atoms. The molecule has 2 aromatic rings. The Morgan fingerprint density at radius 3 is 3.00 bits per heavy atom. The molecule has 2 heterocycles. The number of pyridine rings is 1. The normalized spacial score (nSPS) is 18.7. The van der Waals surface area contributed by atoms with E-state index in [-0.39, 0.29) is 0 Å². The molecule has 0 amide bonds.